The maximum Gasteiger partial charge on any atom is 0.126 e. The quantitative estimate of drug-likeness (QED) is 0.381. The largest absolute Gasteiger partial charge is 0.366 e. The molecule has 0 radical (unpaired) electrons. The first kappa shape index (κ1) is 26.3. The third kappa shape index (κ3) is 6.79. The first-order valence-electron chi connectivity index (χ1n) is 12.5. The van der Waals surface area contributed by atoms with Gasteiger partial charge in [-0.05, 0) is 84.2 Å². The molecule has 0 atom stereocenters. The van der Waals surface area contributed by atoms with Crippen LogP contribution in [0.4, 0.5) is 5.82 Å². The summed E-state index contributed by atoms with van der Waals surface area (Å²) >= 11 is 0. The molecule has 2 aromatic rings. The van der Waals surface area contributed by atoms with E-state index in [1.165, 1.54) is 38.9 Å². The second kappa shape index (κ2) is 12.4. The van der Waals surface area contributed by atoms with Crippen molar-refractivity contribution in [2.45, 2.75) is 113 Å². The number of benzene rings is 1. The van der Waals surface area contributed by atoms with Gasteiger partial charge in [0.05, 0.1) is 0 Å². The molecule has 3 N–H and O–H groups in total. The Labute approximate surface area is 197 Å². The Morgan fingerprint density at radius 1 is 0.656 bits per heavy atom. The van der Waals surface area contributed by atoms with E-state index in [2.05, 4.69) is 90.4 Å². The van der Waals surface area contributed by atoms with Gasteiger partial charge in [0.25, 0.3) is 0 Å². The topological polar surface area (TPSA) is 49.0 Å². The van der Waals surface area contributed by atoms with E-state index in [1.807, 2.05) is 0 Å². The summed E-state index contributed by atoms with van der Waals surface area (Å²) in [5.41, 5.74) is 11.3. The molecule has 178 valence electrons. The fourth-order valence-corrected chi connectivity index (χ4v) is 4.74. The highest BCUT2D eigenvalue weighted by atomic mass is 15.0. The maximum atomic E-state index is 4.72. The number of rotatable bonds is 12. The van der Waals surface area contributed by atoms with Crippen LogP contribution < -0.4 is 16.0 Å². The first-order valence-corrected chi connectivity index (χ1v) is 12.5. The average molecular weight is 439 g/mol. The molecule has 0 saturated heterocycles. The standard InChI is InChI=1S/C28H46N4/c1-10-22-25(15-29-18(4)5)23(11-2)27(24(12-3)26(22)16-30-19(6)7)17-31-28-14-20(8)13-21(9)32-28/h13-14,18-19,29-30H,10-12,15-17H2,1-9H3,(H,31,32). The molecule has 0 amide bonds. The highest BCUT2D eigenvalue weighted by Crippen LogP contribution is 2.31. The van der Waals surface area contributed by atoms with E-state index in [1.54, 1.807) is 0 Å². The predicted octanol–water partition coefficient (Wildman–Crippen LogP) is 5.99. The van der Waals surface area contributed by atoms with E-state index in [-0.39, 0.29) is 0 Å². The SMILES string of the molecule is CCc1c(CNc2cc(C)cc(C)n2)c(CC)c(CNC(C)C)c(CC)c1CNC(C)C. The van der Waals surface area contributed by atoms with Crippen LogP contribution in [0.5, 0.6) is 0 Å². The van der Waals surface area contributed by atoms with Crippen LogP contribution in [0.15, 0.2) is 12.1 Å². The van der Waals surface area contributed by atoms with Gasteiger partial charge >= 0.3 is 0 Å². The number of aromatic nitrogens is 1. The summed E-state index contributed by atoms with van der Waals surface area (Å²) in [6.07, 6.45) is 3.16. The van der Waals surface area contributed by atoms with Crippen LogP contribution in [0.25, 0.3) is 0 Å². The Kier molecular flexibility index (Phi) is 10.2. The maximum absolute atomic E-state index is 4.72. The second-order valence-electron chi connectivity index (χ2n) is 9.53. The molecule has 1 heterocycles. The van der Waals surface area contributed by atoms with Crippen molar-refractivity contribution >= 4 is 5.82 Å². The molecule has 0 aliphatic carbocycles. The second-order valence-corrected chi connectivity index (χ2v) is 9.53. The highest BCUT2D eigenvalue weighted by molar-refractivity contribution is 5.54. The van der Waals surface area contributed by atoms with Crippen molar-refractivity contribution in [3.63, 3.8) is 0 Å². The normalized spacial score (nSPS) is 11.6. The van der Waals surface area contributed by atoms with E-state index in [0.717, 1.165) is 50.4 Å². The number of nitrogens with zero attached hydrogens (tertiary/aromatic N) is 1. The molecule has 2 rings (SSSR count). The Morgan fingerprint density at radius 2 is 1.09 bits per heavy atom. The molecule has 0 spiro atoms. The lowest BCUT2D eigenvalue weighted by atomic mass is 9.83. The third-order valence-electron chi connectivity index (χ3n) is 6.16. The molecule has 32 heavy (non-hydrogen) atoms. The van der Waals surface area contributed by atoms with Crippen LogP contribution in [-0.4, -0.2) is 17.1 Å². The van der Waals surface area contributed by atoms with E-state index >= 15 is 0 Å². The Bertz CT molecular complexity index is 822. The Hall–Kier alpha value is -1.91. The van der Waals surface area contributed by atoms with Gasteiger partial charge in [-0.3, -0.25) is 0 Å². The Balaban J connectivity index is 2.61. The van der Waals surface area contributed by atoms with Crippen molar-refractivity contribution in [3.8, 4) is 0 Å². The minimum atomic E-state index is 0.466. The molecule has 0 aliphatic rings. The molecular formula is C28H46N4. The summed E-state index contributed by atoms with van der Waals surface area (Å²) < 4.78 is 0. The summed E-state index contributed by atoms with van der Waals surface area (Å²) in [5, 5.41) is 11.1. The van der Waals surface area contributed by atoms with Crippen LogP contribution in [0, 0.1) is 13.8 Å². The molecule has 1 aromatic carbocycles. The summed E-state index contributed by atoms with van der Waals surface area (Å²) in [5.74, 6) is 0.967. The van der Waals surface area contributed by atoms with Gasteiger partial charge in [-0.1, -0.05) is 48.5 Å². The summed E-state index contributed by atoms with van der Waals surface area (Å²) in [6.45, 7) is 22.7. The third-order valence-corrected chi connectivity index (χ3v) is 6.16. The number of aryl methyl sites for hydroxylation is 2. The van der Waals surface area contributed by atoms with Crippen molar-refractivity contribution in [3.05, 3.63) is 56.8 Å². The van der Waals surface area contributed by atoms with Gasteiger partial charge in [0.2, 0.25) is 0 Å². The zero-order chi connectivity index (χ0) is 23.8. The minimum Gasteiger partial charge on any atom is -0.366 e. The number of hydrogen-bond acceptors (Lipinski definition) is 4. The fraction of sp³-hybridized carbons (Fsp3) is 0.607. The van der Waals surface area contributed by atoms with Crippen LogP contribution in [0.1, 0.15) is 93.1 Å². The molecular weight excluding hydrogens is 392 g/mol. The van der Waals surface area contributed by atoms with Gasteiger partial charge in [-0.25, -0.2) is 4.98 Å². The van der Waals surface area contributed by atoms with Gasteiger partial charge in [0, 0.05) is 37.4 Å². The van der Waals surface area contributed by atoms with Crippen LogP contribution in [-0.2, 0) is 38.9 Å². The van der Waals surface area contributed by atoms with E-state index in [4.69, 9.17) is 4.98 Å². The molecule has 0 bridgehead atoms. The predicted molar refractivity (Wildman–Crippen MR) is 140 cm³/mol. The van der Waals surface area contributed by atoms with Crippen LogP contribution in [0.2, 0.25) is 0 Å². The molecule has 0 unspecified atom stereocenters. The van der Waals surface area contributed by atoms with Crippen LogP contribution >= 0.6 is 0 Å². The zero-order valence-corrected chi connectivity index (χ0v) is 22.0. The molecule has 0 saturated carbocycles. The van der Waals surface area contributed by atoms with Crippen LogP contribution in [0.3, 0.4) is 0 Å². The molecule has 0 fully saturated rings. The smallest absolute Gasteiger partial charge is 0.126 e. The van der Waals surface area contributed by atoms with E-state index < -0.39 is 0 Å². The van der Waals surface area contributed by atoms with Crippen molar-refractivity contribution < 1.29 is 0 Å². The van der Waals surface area contributed by atoms with Crippen molar-refractivity contribution in [1.82, 2.24) is 15.6 Å². The van der Waals surface area contributed by atoms with Gasteiger partial charge in [0.15, 0.2) is 0 Å². The number of hydrogen-bond donors (Lipinski definition) is 3. The molecule has 0 aliphatic heterocycles. The van der Waals surface area contributed by atoms with Gasteiger partial charge < -0.3 is 16.0 Å². The molecule has 1 aromatic heterocycles. The van der Waals surface area contributed by atoms with Crippen molar-refractivity contribution in [2.75, 3.05) is 5.32 Å². The molecule has 4 nitrogen and oxygen atoms in total. The first-order chi connectivity index (χ1) is 15.2. The zero-order valence-electron chi connectivity index (χ0n) is 22.0. The fourth-order valence-electron chi connectivity index (χ4n) is 4.74. The number of anilines is 1. The Morgan fingerprint density at radius 3 is 1.47 bits per heavy atom. The number of nitrogens with one attached hydrogen (secondary N) is 3. The lowest BCUT2D eigenvalue weighted by Crippen LogP contribution is -2.28. The van der Waals surface area contributed by atoms with Crippen molar-refractivity contribution in [1.29, 1.82) is 0 Å². The lowest BCUT2D eigenvalue weighted by Gasteiger charge is -2.27. The average Bonchev–Trinajstić information content (AvgIpc) is 2.72. The van der Waals surface area contributed by atoms with E-state index in [9.17, 15) is 0 Å². The van der Waals surface area contributed by atoms with Crippen molar-refractivity contribution in [2.24, 2.45) is 0 Å². The molecule has 4 heteroatoms. The lowest BCUT2D eigenvalue weighted by molar-refractivity contribution is 0.571. The van der Waals surface area contributed by atoms with Gasteiger partial charge in [0.1, 0.15) is 5.82 Å². The van der Waals surface area contributed by atoms with E-state index in [0.29, 0.717) is 12.1 Å². The van der Waals surface area contributed by atoms with Gasteiger partial charge in [-0.2, -0.15) is 0 Å². The summed E-state index contributed by atoms with van der Waals surface area (Å²) in [6, 6.07) is 5.20. The monoisotopic (exact) mass is 438 g/mol. The number of pyridine rings is 1. The van der Waals surface area contributed by atoms with Gasteiger partial charge in [-0.15, -0.1) is 0 Å². The highest BCUT2D eigenvalue weighted by Gasteiger charge is 2.21. The summed E-state index contributed by atoms with van der Waals surface area (Å²) in [7, 11) is 0. The minimum absolute atomic E-state index is 0.466. The summed E-state index contributed by atoms with van der Waals surface area (Å²) in [4.78, 5) is 4.72.